The molecule has 1 saturated heterocycles. The van der Waals surface area contributed by atoms with Crippen LogP contribution in [0, 0.1) is 5.41 Å². The first-order chi connectivity index (χ1) is 9.45. The number of carbonyl (C=O) groups is 3. The summed E-state index contributed by atoms with van der Waals surface area (Å²) < 4.78 is 0. The van der Waals surface area contributed by atoms with Gasteiger partial charge in [0.25, 0.3) is 0 Å². The Morgan fingerprint density at radius 2 is 1.90 bits per heavy atom. The fraction of sp³-hybridized carbons (Fsp3) is 0.438. The van der Waals surface area contributed by atoms with E-state index in [4.69, 9.17) is 0 Å². The minimum atomic E-state index is -0.580. The highest BCUT2D eigenvalue weighted by Gasteiger charge is 2.49. The fourth-order valence-electron chi connectivity index (χ4n) is 2.72. The molecule has 0 saturated carbocycles. The Balaban J connectivity index is 2.43. The van der Waals surface area contributed by atoms with Crippen LogP contribution in [0.4, 0.5) is 5.69 Å². The number of Topliss-reactive ketones (excluding diaryl/α,β-unsaturated/α-hetero) is 1. The number of anilines is 1. The van der Waals surface area contributed by atoms with Crippen LogP contribution in [0.1, 0.15) is 50.4 Å². The van der Waals surface area contributed by atoms with Crippen LogP contribution in [0.25, 0.3) is 0 Å². The molecule has 1 heterocycles. The van der Waals surface area contributed by atoms with Gasteiger partial charge in [-0.25, -0.2) is 0 Å². The van der Waals surface area contributed by atoms with Crippen molar-refractivity contribution in [1.82, 2.24) is 0 Å². The van der Waals surface area contributed by atoms with Gasteiger partial charge in [-0.1, -0.05) is 26.0 Å². The summed E-state index contributed by atoms with van der Waals surface area (Å²) in [7, 11) is 0. The Hall–Kier alpha value is -1.97. The minimum absolute atomic E-state index is 0.0804. The standard InChI is InChI=1S/C16H19NO3/c1-4-16(5-2)10-14(19)17(15(16)20)13-8-6-7-12(9-13)11(3)18/h6-9H,4-5,10H2,1-3H3. The van der Waals surface area contributed by atoms with E-state index in [1.54, 1.807) is 24.3 Å². The van der Waals surface area contributed by atoms with E-state index < -0.39 is 5.41 Å². The molecule has 0 radical (unpaired) electrons. The van der Waals surface area contributed by atoms with Gasteiger partial charge in [0, 0.05) is 12.0 Å². The Labute approximate surface area is 118 Å². The topological polar surface area (TPSA) is 54.5 Å². The van der Waals surface area contributed by atoms with Crippen molar-refractivity contribution in [2.24, 2.45) is 5.41 Å². The van der Waals surface area contributed by atoms with Gasteiger partial charge in [0.2, 0.25) is 11.8 Å². The number of carbonyl (C=O) groups excluding carboxylic acids is 3. The molecule has 0 aromatic heterocycles. The summed E-state index contributed by atoms with van der Waals surface area (Å²) in [4.78, 5) is 37.5. The molecule has 106 valence electrons. The molecule has 1 aromatic carbocycles. The predicted octanol–water partition coefficient (Wildman–Crippen LogP) is 2.96. The molecule has 20 heavy (non-hydrogen) atoms. The van der Waals surface area contributed by atoms with E-state index in [1.165, 1.54) is 11.8 Å². The third kappa shape index (κ3) is 2.15. The first kappa shape index (κ1) is 14.4. The Morgan fingerprint density at radius 3 is 2.40 bits per heavy atom. The number of rotatable bonds is 4. The number of hydrogen-bond acceptors (Lipinski definition) is 3. The van der Waals surface area contributed by atoms with Gasteiger partial charge in [-0.05, 0) is 31.9 Å². The number of imide groups is 1. The van der Waals surface area contributed by atoms with Crippen molar-refractivity contribution in [2.75, 3.05) is 4.90 Å². The van der Waals surface area contributed by atoms with Crippen LogP contribution in [0.2, 0.25) is 0 Å². The fourth-order valence-corrected chi connectivity index (χ4v) is 2.72. The largest absolute Gasteiger partial charge is 0.295 e. The van der Waals surface area contributed by atoms with E-state index in [0.29, 0.717) is 24.1 Å². The van der Waals surface area contributed by atoms with Crippen LogP contribution < -0.4 is 4.90 Å². The number of benzene rings is 1. The molecule has 2 rings (SSSR count). The van der Waals surface area contributed by atoms with Crippen molar-refractivity contribution in [2.45, 2.75) is 40.0 Å². The van der Waals surface area contributed by atoms with Crippen LogP contribution in [0.5, 0.6) is 0 Å². The third-order valence-electron chi connectivity index (χ3n) is 4.26. The van der Waals surface area contributed by atoms with Crippen LogP contribution in [-0.4, -0.2) is 17.6 Å². The summed E-state index contributed by atoms with van der Waals surface area (Å²) in [5, 5.41) is 0. The summed E-state index contributed by atoms with van der Waals surface area (Å²) in [5.74, 6) is -0.407. The Bertz CT molecular complexity index is 573. The first-order valence-electron chi connectivity index (χ1n) is 6.93. The zero-order chi connectivity index (χ0) is 14.9. The van der Waals surface area contributed by atoms with Gasteiger partial charge in [-0.3, -0.25) is 19.3 Å². The van der Waals surface area contributed by atoms with Gasteiger partial charge in [0.1, 0.15) is 0 Å². The molecule has 4 nitrogen and oxygen atoms in total. The van der Waals surface area contributed by atoms with Gasteiger partial charge in [-0.15, -0.1) is 0 Å². The Morgan fingerprint density at radius 1 is 1.25 bits per heavy atom. The van der Waals surface area contributed by atoms with Gasteiger partial charge >= 0.3 is 0 Å². The highest BCUT2D eigenvalue weighted by atomic mass is 16.2. The molecule has 1 fully saturated rings. The smallest absolute Gasteiger partial charge is 0.240 e. The quantitative estimate of drug-likeness (QED) is 0.626. The lowest BCUT2D eigenvalue weighted by atomic mass is 9.81. The molecule has 0 unspecified atom stereocenters. The average molecular weight is 273 g/mol. The molecule has 2 amide bonds. The molecule has 0 spiro atoms. The lowest BCUT2D eigenvalue weighted by molar-refractivity contribution is -0.126. The molecule has 0 aliphatic carbocycles. The third-order valence-corrected chi connectivity index (χ3v) is 4.26. The number of ketones is 1. The number of nitrogens with zero attached hydrogens (tertiary/aromatic N) is 1. The highest BCUT2D eigenvalue weighted by Crippen LogP contribution is 2.41. The molecular formula is C16H19NO3. The van der Waals surface area contributed by atoms with Crippen molar-refractivity contribution in [3.05, 3.63) is 29.8 Å². The maximum Gasteiger partial charge on any atom is 0.240 e. The Kier molecular flexibility index (Phi) is 3.75. The van der Waals surface area contributed by atoms with Crippen LogP contribution >= 0.6 is 0 Å². The van der Waals surface area contributed by atoms with E-state index in [9.17, 15) is 14.4 Å². The van der Waals surface area contributed by atoms with E-state index in [0.717, 1.165) is 0 Å². The van der Waals surface area contributed by atoms with E-state index in [-0.39, 0.29) is 24.0 Å². The zero-order valence-corrected chi connectivity index (χ0v) is 12.1. The molecule has 1 aliphatic heterocycles. The second-order valence-electron chi connectivity index (χ2n) is 5.31. The number of amides is 2. The van der Waals surface area contributed by atoms with Crippen LogP contribution in [0.3, 0.4) is 0 Å². The molecule has 1 aromatic rings. The minimum Gasteiger partial charge on any atom is -0.295 e. The lowest BCUT2D eigenvalue weighted by Gasteiger charge is -2.23. The summed E-state index contributed by atoms with van der Waals surface area (Å²) in [6.45, 7) is 5.34. The van der Waals surface area contributed by atoms with Crippen molar-refractivity contribution in [3.63, 3.8) is 0 Å². The van der Waals surface area contributed by atoms with Crippen molar-refractivity contribution >= 4 is 23.3 Å². The molecule has 0 atom stereocenters. The van der Waals surface area contributed by atoms with Crippen molar-refractivity contribution in [1.29, 1.82) is 0 Å². The van der Waals surface area contributed by atoms with E-state index in [1.807, 2.05) is 13.8 Å². The summed E-state index contributed by atoms with van der Waals surface area (Å²) in [6.07, 6.45) is 1.55. The summed E-state index contributed by atoms with van der Waals surface area (Å²) in [6, 6.07) is 6.69. The summed E-state index contributed by atoms with van der Waals surface area (Å²) >= 11 is 0. The summed E-state index contributed by atoms with van der Waals surface area (Å²) in [5.41, 5.74) is 0.425. The van der Waals surface area contributed by atoms with E-state index in [2.05, 4.69) is 0 Å². The van der Waals surface area contributed by atoms with Gasteiger partial charge in [-0.2, -0.15) is 0 Å². The molecule has 1 aliphatic rings. The number of hydrogen-bond donors (Lipinski definition) is 0. The van der Waals surface area contributed by atoms with Crippen molar-refractivity contribution < 1.29 is 14.4 Å². The second-order valence-corrected chi connectivity index (χ2v) is 5.31. The van der Waals surface area contributed by atoms with Gasteiger partial charge in [0.05, 0.1) is 11.1 Å². The molecule has 0 bridgehead atoms. The van der Waals surface area contributed by atoms with E-state index >= 15 is 0 Å². The van der Waals surface area contributed by atoms with Crippen molar-refractivity contribution in [3.8, 4) is 0 Å². The SMILES string of the molecule is CCC1(CC)CC(=O)N(c2cccc(C(C)=O)c2)C1=O. The second kappa shape index (κ2) is 5.19. The van der Waals surface area contributed by atoms with Crippen LogP contribution in [-0.2, 0) is 9.59 Å². The molecular weight excluding hydrogens is 254 g/mol. The normalized spacial score (nSPS) is 17.6. The lowest BCUT2D eigenvalue weighted by Crippen LogP contribution is -2.35. The molecule has 0 N–H and O–H groups in total. The maximum absolute atomic E-state index is 12.6. The maximum atomic E-state index is 12.6. The first-order valence-corrected chi connectivity index (χ1v) is 6.93. The average Bonchev–Trinajstić information content (AvgIpc) is 2.70. The predicted molar refractivity (Wildman–Crippen MR) is 76.6 cm³/mol. The van der Waals surface area contributed by atoms with Crippen LogP contribution in [0.15, 0.2) is 24.3 Å². The van der Waals surface area contributed by atoms with Gasteiger partial charge in [0.15, 0.2) is 5.78 Å². The van der Waals surface area contributed by atoms with Gasteiger partial charge < -0.3 is 0 Å². The monoisotopic (exact) mass is 273 g/mol. The highest BCUT2D eigenvalue weighted by molar-refractivity contribution is 6.22. The zero-order valence-electron chi connectivity index (χ0n) is 12.1. The molecule has 4 heteroatoms.